The van der Waals surface area contributed by atoms with Crippen molar-refractivity contribution in [1.29, 1.82) is 0 Å². The van der Waals surface area contributed by atoms with Crippen molar-refractivity contribution in [2.45, 2.75) is 43.4 Å². The fraction of sp³-hybridized carbons (Fsp3) is 0.500. The van der Waals surface area contributed by atoms with Crippen LogP contribution in [0.3, 0.4) is 0 Å². The number of rotatable bonds is 8. The molecule has 2 aromatic rings. The summed E-state index contributed by atoms with van der Waals surface area (Å²) in [7, 11) is 1.84. The van der Waals surface area contributed by atoms with Crippen molar-refractivity contribution in [3.05, 3.63) is 29.6 Å². The van der Waals surface area contributed by atoms with Crippen LogP contribution in [-0.4, -0.2) is 33.0 Å². The van der Waals surface area contributed by atoms with E-state index >= 15 is 0 Å². The summed E-state index contributed by atoms with van der Waals surface area (Å²) in [5.74, 6) is 1.10. The van der Waals surface area contributed by atoms with E-state index in [0.29, 0.717) is 24.1 Å². The van der Waals surface area contributed by atoms with Gasteiger partial charge >= 0.3 is 6.18 Å². The minimum Gasteiger partial charge on any atom is -0.491 e. The number of ether oxygens (including phenoxy) is 1. The molecule has 0 spiro atoms. The van der Waals surface area contributed by atoms with Crippen molar-refractivity contribution in [2.24, 2.45) is 7.05 Å². The highest BCUT2D eigenvalue weighted by Crippen LogP contribution is 2.39. The zero-order valence-corrected chi connectivity index (χ0v) is 16.4. The zero-order chi connectivity index (χ0) is 20.3. The minimum atomic E-state index is -4.50. The van der Waals surface area contributed by atoms with Crippen LogP contribution < -0.4 is 10.1 Å². The largest absolute Gasteiger partial charge is 0.491 e. The Bertz CT molecular complexity index is 850. The molecule has 1 N–H and O–H groups in total. The molecule has 6 nitrogen and oxygen atoms in total. The normalized spacial score (nSPS) is 14.2. The van der Waals surface area contributed by atoms with Crippen molar-refractivity contribution >= 4 is 23.4 Å². The Hall–Kier alpha value is -2.23. The number of nitrogens with one attached hydrogen (secondary N) is 1. The molecule has 1 amide bonds. The number of anilines is 1. The monoisotopic (exact) mass is 414 g/mol. The van der Waals surface area contributed by atoms with Crippen LogP contribution in [0.1, 0.15) is 43.5 Å². The van der Waals surface area contributed by atoms with E-state index in [1.165, 1.54) is 17.8 Å². The average Bonchev–Trinajstić information content (AvgIpc) is 3.41. The number of aromatic nitrogens is 3. The average molecular weight is 414 g/mol. The number of hydrogen-bond donors (Lipinski definition) is 1. The summed E-state index contributed by atoms with van der Waals surface area (Å²) < 4.78 is 46.3. The van der Waals surface area contributed by atoms with Crippen LogP contribution in [0, 0.1) is 0 Å². The Labute approximate surface area is 164 Å². The van der Waals surface area contributed by atoms with E-state index in [9.17, 15) is 18.0 Å². The summed E-state index contributed by atoms with van der Waals surface area (Å²) >= 11 is 1.19. The number of carbonyl (C=O) groups excluding carboxylic acids is 1. The van der Waals surface area contributed by atoms with Gasteiger partial charge in [0.05, 0.1) is 23.6 Å². The molecular formula is C18H21F3N4O2S. The van der Waals surface area contributed by atoms with Gasteiger partial charge in [0.1, 0.15) is 11.6 Å². The van der Waals surface area contributed by atoms with Gasteiger partial charge in [-0.2, -0.15) is 13.2 Å². The summed E-state index contributed by atoms with van der Waals surface area (Å²) in [6.07, 6.45) is -1.63. The molecule has 0 radical (unpaired) electrons. The maximum atomic E-state index is 13.0. The summed E-state index contributed by atoms with van der Waals surface area (Å²) in [4.78, 5) is 12.3. The Kier molecular flexibility index (Phi) is 6.17. The zero-order valence-electron chi connectivity index (χ0n) is 15.5. The maximum absolute atomic E-state index is 13.0. The standard InChI is InChI=1S/C18H21F3N4O2S/c1-3-8-27-14-7-6-12(18(19,20)21)9-13(14)22-15(26)10-28-17-24-23-16(25(17)2)11-4-5-11/h6-7,9,11H,3-5,8,10H2,1-2H3,(H,22,26). The van der Waals surface area contributed by atoms with Crippen molar-refractivity contribution in [2.75, 3.05) is 17.7 Å². The van der Waals surface area contributed by atoms with Gasteiger partial charge in [0.2, 0.25) is 5.91 Å². The fourth-order valence-corrected chi connectivity index (χ4v) is 3.33. The lowest BCUT2D eigenvalue weighted by atomic mass is 10.1. The topological polar surface area (TPSA) is 69.0 Å². The third kappa shape index (κ3) is 4.98. The highest BCUT2D eigenvalue weighted by atomic mass is 32.2. The first kappa shape index (κ1) is 20.5. The number of alkyl halides is 3. The van der Waals surface area contributed by atoms with Crippen LogP contribution in [0.4, 0.5) is 18.9 Å². The fourth-order valence-electron chi connectivity index (χ4n) is 2.61. The summed E-state index contributed by atoms with van der Waals surface area (Å²) in [5.41, 5.74) is -0.841. The molecule has 1 aromatic heterocycles. The molecule has 3 rings (SSSR count). The molecule has 1 heterocycles. The van der Waals surface area contributed by atoms with Crippen LogP contribution in [-0.2, 0) is 18.0 Å². The van der Waals surface area contributed by atoms with Gasteiger partial charge in [0, 0.05) is 13.0 Å². The van der Waals surface area contributed by atoms with Crippen LogP contribution in [0.5, 0.6) is 5.75 Å². The maximum Gasteiger partial charge on any atom is 0.416 e. The number of hydrogen-bond acceptors (Lipinski definition) is 5. The molecule has 28 heavy (non-hydrogen) atoms. The number of amides is 1. The van der Waals surface area contributed by atoms with E-state index in [0.717, 1.165) is 30.8 Å². The van der Waals surface area contributed by atoms with Gasteiger partial charge in [-0.25, -0.2) is 0 Å². The van der Waals surface area contributed by atoms with Gasteiger partial charge in [-0.1, -0.05) is 18.7 Å². The molecule has 152 valence electrons. The van der Waals surface area contributed by atoms with Crippen molar-refractivity contribution in [1.82, 2.24) is 14.8 Å². The molecule has 0 unspecified atom stereocenters. The molecule has 1 aromatic carbocycles. The molecule has 0 bridgehead atoms. The van der Waals surface area contributed by atoms with Crippen molar-refractivity contribution in [3.8, 4) is 5.75 Å². The molecule has 1 aliphatic rings. The Morgan fingerprint density at radius 3 is 2.75 bits per heavy atom. The Balaban J connectivity index is 1.67. The first-order chi connectivity index (χ1) is 13.3. The second-order valence-corrected chi connectivity index (χ2v) is 7.51. The summed E-state index contributed by atoms with van der Waals surface area (Å²) in [6, 6.07) is 3.06. The third-order valence-corrected chi connectivity index (χ3v) is 5.21. The van der Waals surface area contributed by atoms with Gasteiger partial charge in [-0.15, -0.1) is 10.2 Å². The van der Waals surface area contributed by atoms with Crippen molar-refractivity contribution in [3.63, 3.8) is 0 Å². The number of carbonyl (C=O) groups is 1. The molecule has 0 atom stereocenters. The van der Waals surface area contributed by atoms with Gasteiger partial charge in [0.25, 0.3) is 0 Å². The summed E-state index contributed by atoms with van der Waals surface area (Å²) in [6.45, 7) is 2.22. The van der Waals surface area contributed by atoms with Crippen molar-refractivity contribution < 1.29 is 22.7 Å². The number of benzene rings is 1. The SMILES string of the molecule is CCCOc1ccc(C(F)(F)F)cc1NC(=O)CSc1nnc(C2CC2)n1C. The molecule has 10 heteroatoms. The molecule has 0 aliphatic heterocycles. The predicted molar refractivity (Wildman–Crippen MR) is 99.6 cm³/mol. The minimum absolute atomic E-state index is 0.000102. The van der Waals surface area contributed by atoms with Crippen LogP contribution in [0.2, 0.25) is 0 Å². The van der Waals surface area contributed by atoms with Gasteiger partial charge in [-0.05, 0) is 37.5 Å². The smallest absolute Gasteiger partial charge is 0.416 e. The third-order valence-electron chi connectivity index (χ3n) is 4.19. The number of nitrogens with zero attached hydrogens (tertiary/aromatic N) is 3. The molecule has 1 aliphatic carbocycles. The number of halogens is 3. The van der Waals surface area contributed by atoms with E-state index in [1.807, 2.05) is 18.5 Å². The van der Waals surface area contributed by atoms with E-state index in [2.05, 4.69) is 15.5 Å². The first-order valence-corrected chi connectivity index (χ1v) is 9.94. The molecule has 1 saturated carbocycles. The lowest BCUT2D eigenvalue weighted by molar-refractivity contribution is -0.137. The van der Waals surface area contributed by atoms with Crippen LogP contribution in [0.25, 0.3) is 0 Å². The number of thioether (sulfide) groups is 1. The van der Waals surface area contributed by atoms with E-state index in [4.69, 9.17) is 4.74 Å². The lowest BCUT2D eigenvalue weighted by Gasteiger charge is -2.15. The highest BCUT2D eigenvalue weighted by molar-refractivity contribution is 7.99. The molecule has 0 saturated heterocycles. The highest BCUT2D eigenvalue weighted by Gasteiger charge is 2.32. The van der Waals surface area contributed by atoms with Crippen LogP contribution in [0.15, 0.2) is 23.4 Å². The first-order valence-electron chi connectivity index (χ1n) is 8.95. The summed E-state index contributed by atoms with van der Waals surface area (Å²) in [5, 5.41) is 11.3. The second kappa shape index (κ2) is 8.42. The van der Waals surface area contributed by atoms with Gasteiger partial charge in [-0.3, -0.25) is 4.79 Å². The Morgan fingerprint density at radius 1 is 1.36 bits per heavy atom. The van der Waals surface area contributed by atoms with Gasteiger partial charge < -0.3 is 14.6 Å². The van der Waals surface area contributed by atoms with Gasteiger partial charge in [0.15, 0.2) is 5.16 Å². The van der Waals surface area contributed by atoms with Crippen LogP contribution >= 0.6 is 11.8 Å². The molecular weight excluding hydrogens is 393 g/mol. The van der Waals surface area contributed by atoms with E-state index in [-0.39, 0.29) is 17.2 Å². The second-order valence-electron chi connectivity index (χ2n) is 6.57. The molecule has 1 fully saturated rings. The van der Waals surface area contributed by atoms with E-state index in [1.54, 1.807) is 0 Å². The predicted octanol–water partition coefficient (Wildman–Crippen LogP) is 4.23. The van der Waals surface area contributed by atoms with E-state index < -0.39 is 17.6 Å². The lowest BCUT2D eigenvalue weighted by Crippen LogP contribution is -2.16. The Morgan fingerprint density at radius 2 is 2.11 bits per heavy atom. The quantitative estimate of drug-likeness (QED) is 0.655.